The minimum atomic E-state index is -0.903. The minimum Gasteiger partial charge on any atom is -0.365 e. The first-order valence-corrected chi connectivity index (χ1v) is 16.7. The molecule has 11 nitrogen and oxygen atoms in total. The van der Waals surface area contributed by atoms with E-state index in [9.17, 15) is 9.00 Å². The van der Waals surface area contributed by atoms with Gasteiger partial charge in [0.25, 0.3) is 0 Å². The molecule has 2 N–H and O–H groups in total. The number of anilines is 2. The van der Waals surface area contributed by atoms with Crippen molar-refractivity contribution >= 4 is 33.7 Å². The van der Waals surface area contributed by atoms with Crippen LogP contribution in [0.5, 0.6) is 0 Å². The molecule has 218 valence electrons. The van der Waals surface area contributed by atoms with Crippen LogP contribution in [0.25, 0.3) is 22.8 Å². The third-order valence-electron chi connectivity index (χ3n) is 9.61. The molecule has 0 bridgehead atoms. The number of aromatic nitrogens is 6. The van der Waals surface area contributed by atoms with E-state index in [0.29, 0.717) is 29.1 Å². The molecule has 1 saturated heterocycles. The Hall–Kier alpha value is -2.76. The predicted octanol–water partition coefficient (Wildman–Crippen LogP) is 4.50. The zero-order valence-electron chi connectivity index (χ0n) is 24.1. The predicted molar refractivity (Wildman–Crippen MR) is 157 cm³/mol. The first-order valence-electron chi connectivity index (χ1n) is 15.0. The third-order valence-corrected chi connectivity index (χ3v) is 10.5. The maximum atomic E-state index is 12.3. The van der Waals surface area contributed by atoms with Crippen LogP contribution in [-0.2, 0) is 10.8 Å². The maximum absolute atomic E-state index is 12.3. The molecule has 4 heterocycles. The second-order valence-electron chi connectivity index (χ2n) is 12.4. The van der Waals surface area contributed by atoms with Crippen molar-refractivity contribution in [1.29, 1.82) is 0 Å². The number of imidazole rings is 1. The van der Waals surface area contributed by atoms with Crippen LogP contribution in [0.15, 0.2) is 9.32 Å². The fourth-order valence-electron chi connectivity index (χ4n) is 6.91. The van der Waals surface area contributed by atoms with Crippen LogP contribution in [0.1, 0.15) is 84.6 Å². The van der Waals surface area contributed by atoms with Gasteiger partial charge in [0, 0.05) is 47.5 Å². The number of nitrogens with zero attached hydrogens (tertiary/aromatic N) is 6. The highest BCUT2D eigenvalue weighted by molar-refractivity contribution is 7.84. The van der Waals surface area contributed by atoms with Crippen LogP contribution in [0, 0.1) is 17.8 Å². The number of hydrogen-bond acceptors (Lipinski definition) is 9. The van der Waals surface area contributed by atoms with Gasteiger partial charge in [0.15, 0.2) is 11.5 Å². The summed E-state index contributed by atoms with van der Waals surface area (Å²) in [6.07, 6.45) is 12.3. The van der Waals surface area contributed by atoms with Gasteiger partial charge in [-0.15, -0.1) is 0 Å². The first kappa shape index (κ1) is 27.4. The number of nitrogens with one attached hydrogen (secondary N) is 2. The number of aromatic amines is 1. The highest BCUT2D eigenvalue weighted by Gasteiger charge is 2.36. The van der Waals surface area contributed by atoms with Crippen molar-refractivity contribution in [3.8, 4) is 11.6 Å². The fraction of sp³-hybridized carbons (Fsp3) is 0.750. The van der Waals surface area contributed by atoms with E-state index < -0.39 is 16.6 Å². The molecule has 0 radical (unpaired) electrons. The van der Waals surface area contributed by atoms with Crippen molar-refractivity contribution in [1.82, 2.24) is 29.7 Å². The molecule has 0 spiro atoms. The Morgan fingerprint density at radius 1 is 1.05 bits per heavy atom. The van der Waals surface area contributed by atoms with Crippen molar-refractivity contribution in [2.75, 3.05) is 28.8 Å². The second-order valence-corrected chi connectivity index (χ2v) is 13.9. The van der Waals surface area contributed by atoms with Crippen LogP contribution in [0.2, 0.25) is 0 Å². The van der Waals surface area contributed by atoms with Gasteiger partial charge in [-0.3, -0.25) is 13.7 Å². The summed E-state index contributed by atoms with van der Waals surface area (Å²) in [6, 6.07) is 0.599. The minimum absolute atomic E-state index is 0.171. The summed E-state index contributed by atoms with van der Waals surface area (Å²) in [6.45, 7) is 7.76. The topological polar surface area (TPSA) is 135 Å². The Balaban J connectivity index is 1.51. The lowest BCUT2D eigenvalue weighted by molar-refractivity contribution is 0.228. The van der Waals surface area contributed by atoms with E-state index in [0.717, 1.165) is 36.8 Å². The van der Waals surface area contributed by atoms with E-state index in [1.165, 1.54) is 44.9 Å². The number of rotatable bonds is 9. The van der Waals surface area contributed by atoms with Gasteiger partial charge in [-0.2, -0.15) is 4.98 Å². The number of H-pyrrole nitrogens is 1. The Morgan fingerprint density at radius 3 is 2.48 bits per heavy atom. The van der Waals surface area contributed by atoms with Gasteiger partial charge in [0.05, 0.1) is 0 Å². The third kappa shape index (κ3) is 5.31. The first-order chi connectivity index (χ1) is 19.3. The smallest absolute Gasteiger partial charge is 0.365 e. The second kappa shape index (κ2) is 11.3. The van der Waals surface area contributed by atoms with E-state index in [1.54, 1.807) is 6.26 Å². The Morgan fingerprint density at radius 2 is 1.82 bits per heavy atom. The summed E-state index contributed by atoms with van der Waals surface area (Å²) >= 11 is 0. The van der Waals surface area contributed by atoms with E-state index >= 15 is 0 Å². The molecule has 6 rings (SSSR count). The molecule has 40 heavy (non-hydrogen) atoms. The van der Waals surface area contributed by atoms with Gasteiger partial charge in [-0.1, -0.05) is 31.3 Å². The molecule has 2 aliphatic carbocycles. The average Bonchev–Trinajstić information content (AvgIpc) is 3.60. The van der Waals surface area contributed by atoms with Gasteiger partial charge in [0.1, 0.15) is 5.52 Å². The fourth-order valence-corrected chi connectivity index (χ4v) is 7.80. The van der Waals surface area contributed by atoms with Crippen LogP contribution in [0.3, 0.4) is 0 Å². The largest absolute Gasteiger partial charge is 0.439 e. The Bertz CT molecular complexity index is 1420. The lowest BCUT2D eigenvalue weighted by atomic mass is 9.79. The zero-order valence-corrected chi connectivity index (χ0v) is 24.9. The standard InChI is InChI=1S/C28H42N8O3S/c1-16-10-12-20(13-11-16)18(3)36-22-23(29-17(2)19-7-5-8-19)30-25(26-33-28(37)39-34-26)31-24(22)32-27(36)35-14-6-9-21(35)15-40(4)38/h16-21H,5-15H2,1-4H3,(H,29,30,31)(H,33,34,37). The average molecular weight is 571 g/mol. The molecular weight excluding hydrogens is 528 g/mol. The lowest BCUT2D eigenvalue weighted by Crippen LogP contribution is -2.36. The van der Waals surface area contributed by atoms with Gasteiger partial charge >= 0.3 is 5.76 Å². The Labute approximate surface area is 237 Å². The number of hydrogen-bond donors (Lipinski definition) is 2. The molecule has 4 unspecified atom stereocenters. The molecule has 3 aromatic rings. The van der Waals surface area contributed by atoms with E-state index in [4.69, 9.17) is 19.5 Å². The quantitative estimate of drug-likeness (QED) is 0.381. The van der Waals surface area contributed by atoms with Crippen LogP contribution in [0.4, 0.5) is 11.8 Å². The van der Waals surface area contributed by atoms with Crippen LogP contribution >= 0.6 is 0 Å². The monoisotopic (exact) mass is 570 g/mol. The molecule has 4 atom stereocenters. The Kier molecular flexibility index (Phi) is 7.71. The molecule has 12 heteroatoms. The zero-order chi connectivity index (χ0) is 28.0. The lowest BCUT2D eigenvalue weighted by Gasteiger charge is -2.35. The summed E-state index contributed by atoms with van der Waals surface area (Å²) in [5.41, 5.74) is 1.47. The molecule has 0 aromatic carbocycles. The summed E-state index contributed by atoms with van der Waals surface area (Å²) in [5, 5.41) is 7.59. The van der Waals surface area contributed by atoms with E-state index in [1.807, 2.05) is 0 Å². The summed E-state index contributed by atoms with van der Waals surface area (Å²) in [4.78, 5) is 31.6. The number of fused-ring (bicyclic) bond motifs is 1. The highest BCUT2D eigenvalue weighted by Crippen LogP contribution is 2.42. The summed E-state index contributed by atoms with van der Waals surface area (Å²) in [5.74, 6) is 3.94. The van der Waals surface area contributed by atoms with Crippen LogP contribution < -0.4 is 16.0 Å². The maximum Gasteiger partial charge on any atom is 0.439 e. The SMILES string of the molecule is CC1CCC(C(C)n2c(N3CCCC3CS(C)=O)nc3nc(-c4noc(=O)[nH]4)nc(NC(C)C4CCC4)c32)CC1. The van der Waals surface area contributed by atoms with E-state index in [2.05, 4.69) is 45.7 Å². The van der Waals surface area contributed by atoms with Crippen LogP contribution in [-0.4, -0.2) is 64.5 Å². The van der Waals surface area contributed by atoms with Crippen molar-refractivity contribution in [3.63, 3.8) is 0 Å². The molecule has 1 aliphatic heterocycles. The van der Waals surface area contributed by atoms with Gasteiger partial charge in [-0.25, -0.2) is 14.8 Å². The van der Waals surface area contributed by atoms with Crippen molar-refractivity contribution in [3.05, 3.63) is 10.6 Å². The molecular formula is C28H42N8O3S. The molecule has 2 saturated carbocycles. The molecule has 3 fully saturated rings. The highest BCUT2D eigenvalue weighted by atomic mass is 32.2. The van der Waals surface area contributed by atoms with Gasteiger partial charge in [0.2, 0.25) is 17.6 Å². The van der Waals surface area contributed by atoms with E-state index in [-0.39, 0.29) is 29.8 Å². The molecule has 0 amide bonds. The molecule has 3 aliphatic rings. The van der Waals surface area contributed by atoms with Gasteiger partial charge < -0.3 is 14.8 Å². The normalized spacial score (nSPS) is 26.1. The summed E-state index contributed by atoms with van der Waals surface area (Å²) in [7, 11) is -0.903. The summed E-state index contributed by atoms with van der Waals surface area (Å²) < 4.78 is 19.5. The molecule has 3 aromatic heterocycles. The van der Waals surface area contributed by atoms with Crippen molar-refractivity contribution < 1.29 is 8.73 Å². The van der Waals surface area contributed by atoms with Crippen molar-refractivity contribution in [2.45, 2.75) is 96.7 Å². The van der Waals surface area contributed by atoms with Crippen molar-refractivity contribution in [2.24, 2.45) is 17.8 Å². The van der Waals surface area contributed by atoms with Gasteiger partial charge in [-0.05, 0) is 70.1 Å².